The number of nitrogens with zero attached hydrogens (tertiary/aromatic N) is 2. The molecule has 0 radical (unpaired) electrons. The van der Waals surface area contributed by atoms with E-state index in [9.17, 15) is 10.1 Å². The second-order valence-corrected chi connectivity index (χ2v) is 5.51. The van der Waals surface area contributed by atoms with E-state index in [1.807, 2.05) is 24.3 Å². The number of hydrogen-bond donors (Lipinski definition) is 0. The Kier molecular flexibility index (Phi) is 4.27. The molecule has 3 rings (SSSR count). The van der Waals surface area contributed by atoms with Gasteiger partial charge in [0.15, 0.2) is 0 Å². The maximum absolute atomic E-state index is 10.7. The summed E-state index contributed by atoms with van der Waals surface area (Å²) in [5.41, 5.74) is 2.02. The van der Waals surface area contributed by atoms with E-state index >= 15 is 0 Å². The number of halogens is 1. The Hall–Kier alpha value is -2.11. The zero-order chi connectivity index (χ0) is 15.5. The first-order valence-corrected chi connectivity index (χ1v) is 7.38. The van der Waals surface area contributed by atoms with Crippen LogP contribution >= 0.6 is 11.6 Å². The smallest absolute Gasteiger partial charge is 0.269 e. The monoisotopic (exact) mass is 318 g/mol. The molecule has 1 fully saturated rings. The van der Waals surface area contributed by atoms with Gasteiger partial charge in [-0.25, -0.2) is 0 Å². The van der Waals surface area contributed by atoms with Crippen LogP contribution in [-0.4, -0.2) is 24.6 Å². The maximum atomic E-state index is 10.7. The Labute approximate surface area is 133 Å². The van der Waals surface area contributed by atoms with Crippen molar-refractivity contribution < 1.29 is 9.66 Å². The van der Waals surface area contributed by atoms with E-state index in [1.54, 1.807) is 12.1 Å². The molecule has 1 aliphatic rings. The maximum Gasteiger partial charge on any atom is 0.269 e. The summed E-state index contributed by atoms with van der Waals surface area (Å²) in [6, 6.07) is 14.2. The summed E-state index contributed by atoms with van der Waals surface area (Å²) in [5, 5.41) is 11.4. The molecule has 1 atom stereocenters. The molecule has 0 amide bonds. The molecule has 6 heteroatoms. The Morgan fingerprint density at radius 2 is 1.91 bits per heavy atom. The fourth-order valence-electron chi connectivity index (χ4n) is 2.59. The zero-order valence-electron chi connectivity index (χ0n) is 11.8. The molecular formula is C16H15ClN2O3. The number of benzene rings is 2. The lowest BCUT2D eigenvalue weighted by Crippen LogP contribution is -2.38. The van der Waals surface area contributed by atoms with Crippen LogP contribution in [0.25, 0.3) is 0 Å². The molecule has 1 unspecified atom stereocenters. The van der Waals surface area contributed by atoms with Crippen LogP contribution < -0.4 is 4.90 Å². The second-order valence-electron chi connectivity index (χ2n) is 5.10. The van der Waals surface area contributed by atoms with Crippen molar-refractivity contribution in [1.29, 1.82) is 0 Å². The summed E-state index contributed by atoms with van der Waals surface area (Å²) >= 11 is 6.23. The topological polar surface area (TPSA) is 55.6 Å². The molecule has 0 aliphatic carbocycles. The lowest BCUT2D eigenvalue weighted by molar-refractivity contribution is -0.384. The standard InChI is InChI=1S/C16H15ClN2O3/c17-15-4-2-1-3-14(15)16-11-18(9-10-22-16)12-5-7-13(8-6-12)19(20)21/h1-8,16H,9-11H2. The average molecular weight is 319 g/mol. The summed E-state index contributed by atoms with van der Waals surface area (Å²) in [4.78, 5) is 12.5. The number of nitro benzene ring substituents is 1. The Morgan fingerprint density at radius 1 is 1.18 bits per heavy atom. The minimum absolute atomic E-state index is 0.0969. The molecule has 1 heterocycles. The largest absolute Gasteiger partial charge is 0.370 e. The van der Waals surface area contributed by atoms with Gasteiger partial charge in [0.2, 0.25) is 0 Å². The van der Waals surface area contributed by atoms with Crippen LogP contribution in [0.4, 0.5) is 11.4 Å². The Morgan fingerprint density at radius 3 is 2.59 bits per heavy atom. The number of rotatable bonds is 3. The third kappa shape index (κ3) is 3.05. The van der Waals surface area contributed by atoms with Crippen molar-refractivity contribution in [3.63, 3.8) is 0 Å². The van der Waals surface area contributed by atoms with Gasteiger partial charge in [-0.05, 0) is 18.2 Å². The van der Waals surface area contributed by atoms with E-state index in [0.717, 1.165) is 17.8 Å². The Bertz CT molecular complexity index is 675. The highest BCUT2D eigenvalue weighted by atomic mass is 35.5. The fraction of sp³-hybridized carbons (Fsp3) is 0.250. The van der Waals surface area contributed by atoms with Gasteiger partial charge >= 0.3 is 0 Å². The van der Waals surface area contributed by atoms with Crippen molar-refractivity contribution in [2.75, 3.05) is 24.6 Å². The third-order valence-electron chi connectivity index (χ3n) is 3.74. The lowest BCUT2D eigenvalue weighted by Gasteiger charge is -2.35. The first kappa shape index (κ1) is 14.8. The van der Waals surface area contributed by atoms with E-state index < -0.39 is 4.92 Å². The number of non-ortho nitro benzene ring substituents is 1. The fourth-order valence-corrected chi connectivity index (χ4v) is 2.85. The minimum atomic E-state index is -0.393. The predicted octanol–water partition coefficient (Wildman–Crippen LogP) is 3.83. The van der Waals surface area contributed by atoms with Gasteiger partial charge in [0.05, 0.1) is 11.5 Å². The van der Waals surface area contributed by atoms with Gasteiger partial charge < -0.3 is 9.64 Å². The third-order valence-corrected chi connectivity index (χ3v) is 4.09. The molecular weight excluding hydrogens is 304 g/mol. The summed E-state index contributed by atoms with van der Waals surface area (Å²) in [6.07, 6.45) is -0.0994. The van der Waals surface area contributed by atoms with E-state index in [2.05, 4.69) is 4.90 Å². The summed E-state index contributed by atoms with van der Waals surface area (Å²) in [6.45, 7) is 2.01. The molecule has 22 heavy (non-hydrogen) atoms. The predicted molar refractivity (Wildman–Crippen MR) is 85.5 cm³/mol. The lowest BCUT2D eigenvalue weighted by atomic mass is 10.1. The van der Waals surface area contributed by atoms with Crippen molar-refractivity contribution >= 4 is 23.0 Å². The molecule has 0 bridgehead atoms. The number of nitro groups is 1. The quantitative estimate of drug-likeness (QED) is 0.637. The number of anilines is 1. The molecule has 0 saturated carbocycles. The van der Waals surface area contributed by atoms with Crippen LogP contribution in [0.1, 0.15) is 11.7 Å². The molecule has 2 aromatic rings. The first-order valence-electron chi connectivity index (χ1n) is 7.00. The molecule has 1 saturated heterocycles. The van der Waals surface area contributed by atoms with Gasteiger partial charge in [0, 0.05) is 41.5 Å². The van der Waals surface area contributed by atoms with E-state index in [-0.39, 0.29) is 11.8 Å². The van der Waals surface area contributed by atoms with Gasteiger partial charge in [0.25, 0.3) is 5.69 Å². The molecule has 2 aromatic carbocycles. The van der Waals surface area contributed by atoms with Gasteiger partial charge in [-0.15, -0.1) is 0 Å². The van der Waals surface area contributed by atoms with Crippen LogP contribution in [0.15, 0.2) is 48.5 Å². The SMILES string of the molecule is O=[N+]([O-])c1ccc(N2CCOC(c3ccccc3Cl)C2)cc1. The first-order chi connectivity index (χ1) is 10.6. The molecule has 0 aromatic heterocycles. The second kappa shape index (κ2) is 6.34. The molecule has 1 aliphatic heterocycles. The van der Waals surface area contributed by atoms with Crippen molar-refractivity contribution in [3.05, 3.63) is 69.2 Å². The van der Waals surface area contributed by atoms with Gasteiger partial charge in [-0.1, -0.05) is 29.8 Å². The molecule has 0 spiro atoms. The highest BCUT2D eigenvalue weighted by Gasteiger charge is 2.24. The molecule has 114 valence electrons. The van der Waals surface area contributed by atoms with Crippen molar-refractivity contribution in [2.45, 2.75) is 6.10 Å². The highest BCUT2D eigenvalue weighted by molar-refractivity contribution is 6.31. The number of ether oxygens (including phenoxy) is 1. The normalized spacial score (nSPS) is 18.2. The summed E-state index contributed by atoms with van der Waals surface area (Å²) < 4.78 is 5.82. The highest BCUT2D eigenvalue weighted by Crippen LogP contribution is 2.30. The van der Waals surface area contributed by atoms with Crippen LogP contribution in [0.3, 0.4) is 0 Å². The van der Waals surface area contributed by atoms with Crippen molar-refractivity contribution in [2.24, 2.45) is 0 Å². The number of morpholine rings is 1. The van der Waals surface area contributed by atoms with E-state index in [0.29, 0.717) is 18.2 Å². The van der Waals surface area contributed by atoms with Crippen molar-refractivity contribution in [3.8, 4) is 0 Å². The zero-order valence-corrected chi connectivity index (χ0v) is 12.6. The number of hydrogen-bond acceptors (Lipinski definition) is 4. The summed E-state index contributed by atoms with van der Waals surface area (Å²) in [5.74, 6) is 0. The van der Waals surface area contributed by atoms with Crippen LogP contribution in [0, 0.1) is 10.1 Å². The van der Waals surface area contributed by atoms with Crippen LogP contribution in [-0.2, 0) is 4.74 Å². The molecule has 5 nitrogen and oxygen atoms in total. The van der Waals surface area contributed by atoms with E-state index in [4.69, 9.17) is 16.3 Å². The van der Waals surface area contributed by atoms with Gasteiger partial charge in [-0.2, -0.15) is 0 Å². The van der Waals surface area contributed by atoms with Gasteiger partial charge in [0.1, 0.15) is 6.10 Å². The Balaban J connectivity index is 1.78. The molecule has 0 N–H and O–H groups in total. The average Bonchev–Trinajstić information content (AvgIpc) is 2.55. The van der Waals surface area contributed by atoms with Crippen molar-refractivity contribution in [1.82, 2.24) is 0 Å². The van der Waals surface area contributed by atoms with Crippen LogP contribution in [0.2, 0.25) is 5.02 Å². The summed E-state index contributed by atoms with van der Waals surface area (Å²) in [7, 11) is 0. The van der Waals surface area contributed by atoms with Gasteiger partial charge in [-0.3, -0.25) is 10.1 Å². The van der Waals surface area contributed by atoms with Crippen LogP contribution in [0.5, 0.6) is 0 Å². The minimum Gasteiger partial charge on any atom is -0.370 e. The van der Waals surface area contributed by atoms with E-state index in [1.165, 1.54) is 12.1 Å².